The number of hydrogen-bond acceptors (Lipinski definition) is 6. The molecule has 0 unspecified atom stereocenters. The van der Waals surface area contributed by atoms with Crippen LogP contribution in [0.4, 0.5) is 5.69 Å². The van der Waals surface area contributed by atoms with Gasteiger partial charge in [0.15, 0.2) is 0 Å². The van der Waals surface area contributed by atoms with Gasteiger partial charge in [-0.25, -0.2) is 4.98 Å². The summed E-state index contributed by atoms with van der Waals surface area (Å²) >= 11 is 13.2. The summed E-state index contributed by atoms with van der Waals surface area (Å²) in [7, 11) is 3.11. The second kappa shape index (κ2) is 10.6. The molecule has 4 aromatic rings. The Balaban J connectivity index is 1.37. The van der Waals surface area contributed by atoms with Gasteiger partial charge in [0, 0.05) is 34.8 Å². The maximum absolute atomic E-state index is 13.1. The van der Waals surface area contributed by atoms with Crippen molar-refractivity contribution in [3.8, 4) is 11.5 Å². The second-order valence-electron chi connectivity index (χ2n) is 8.96. The van der Waals surface area contributed by atoms with Gasteiger partial charge >= 0.3 is 0 Å². The molecule has 0 bridgehead atoms. The van der Waals surface area contributed by atoms with Gasteiger partial charge < -0.3 is 14.4 Å². The predicted octanol–water partition coefficient (Wildman–Crippen LogP) is 5.70. The molecule has 0 saturated carbocycles. The highest BCUT2D eigenvalue weighted by atomic mass is 35.5. The van der Waals surface area contributed by atoms with Crippen LogP contribution in [0.2, 0.25) is 10.0 Å². The third-order valence-corrected chi connectivity index (χ3v) is 7.33. The average molecular weight is 564 g/mol. The number of imide groups is 1. The molecular formula is C29H23Cl2N3O5. The van der Waals surface area contributed by atoms with Crippen LogP contribution in [0, 0.1) is 6.92 Å². The van der Waals surface area contributed by atoms with Crippen molar-refractivity contribution in [2.45, 2.75) is 13.5 Å². The molecule has 39 heavy (non-hydrogen) atoms. The maximum atomic E-state index is 13.1. The zero-order valence-corrected chi connectivity index (χ0v) is 22.8. The van der Waals surface area contributed by atoms with Crippen LogP contribution in [0.25, 0.3) is 10.9 Å². The Labute approximate surface area is 234 Å². The van der Waals surface area contributed by atoms with Crippen molar-refractivity contribution in [2.24, 2.45) is 0 Å². The van der Waals surface area contributed by atoms with Crippen LogP contribution in [-0.2, 0) is 11.4 Å². The second-order valence-corrected chi connectivity index (χ2v) is 9.75. The molecule has 198 valence electrons. The van der Waals surface area contributed by atoms with E-state index in [1.807, 2.05) is 25.1 Å². The van der Waals surface area contributed by atoms with E-state index in [0.29, 0.717) is 33.3 Å². The van der Waals surface area contributed by atoms with Crippen LogP contribution in [0.1, 0.15) is 32.0 Å². The minimum atomic E-state index is -0.510. The number of methoxy groups -OCH3 is 1. The fraction of sp³-hybridized carbons (Fsp3) is 0.172. The molecule has 0 fully saturated rings. The van der Waals surface area contributed by atoms with Crippen LogP contribution in [-0.4, -0.2) is 48.3 Å². The lowest BCUT2D eigenvalue weighted by Gasteiger charge is -2.23. The number of amides is 3. The van der Waals surface area contributed by atoms with Gasteiger partial charge in [-0.2, -0.15) is 0 Å². The molecule has 1 aromatic heterocycles. The van der Waals surface area contributed by atoms with Gasteiger partial charge in [0.1, 0.15) is 30.2 Å². The van der Waals surface area contributed by atoms with Crippen LogP contribution < -0.4 is 14.4 Å². The smallest absolute Gasteiger partial charge is 0.262 e. The summed E-state index contributed by atoms with van der Waals surface area (Å²) in [6.45, 7) is 1.43. The van der Waals surface area contributed by atoms with Crippen molar-refractivity contribution in [1.82, 2.24) is 9.88 Å². The van der Waals surface area contributed by atoms with E-state index in [2.05, 4.69) is 4.98 Å². The number of hydrogen-bond donors (Lipinski definition) is 0. The summed E-state index contributed by atoms with van der Waals surface area (Å²) in [5.74, 6) is -0.323. The lowest BCUT2D eigenvalue weighted by molar-refractivity contribution is -0.118. The van der Waals surface area contributed by atoms with Crippen LogP contribution in [0.3, 0.4) is 0 Å². The van der Waals surface area contributed by atoms with E-state index in [4.69, 9.17) is 32.7 Å². The third-order valence-electron chi connectivity index (χ3n) is 6.56. The predicted molar refractivity (Wildman–Crippen MR) is 149 cm³/mol. The number of anilines is 1. The van der Waals surface area contributed by atoms with E-state index >= 15 is 0 Å². The Morgan fingerprint density at radius 3 is 2.33 bits per heavy atom. The van der Waals surface area contributed by atoms with Gasteiger partial charge in [-0.15, -0.1) is 0 Å². The van der Waals surface area contributed by atoms with Crippen LogP contribution >= 0.6 is 23.2 Å². The highest BCUT2D eigenvalue weighted by Gasteiger charge is 2.37. The number of rotatable bonds is 7. The summed E-state index contributed by atoms with van der Waals surface area (Å²) < 4.78 is 11.6. The maximum Gasteiger partial charge on any atom is 0.262 e. The van der Waals surface area contributed by atoms with Gasteiger partial charge in [-0.05, 0) is 43.3 Å². The minimum absolute atomic E-state index is 0.00297. The lowest BCUT2D eigenvalue weighted by Crippen LogP contribution is -2.41. The van der Waals surface area contributed by atoms with Gasteiger partial charge in [-0.1, -0.05) is 41.4 Å². The number of carbonyl (C=O) groups is 3. The Morgan fingerprint density at radius 1 is 0.974 bits per heavy atom. The number of fused-ring (bicyclic) bond motifs is 2. The Kier molecular flexibility index (Phi) is 7.16. The largest absolute Gasteiger partial charge is 0.496 e. The number of aryl methyl sites for hydroxylation is 1. The summed E-state index contributed by atoms with van der Waals surface area (Å²) in [6.07, 6.45) is 0. The highest BCUT2D eigenvalue weighted by Crippen LogP contribution is 2.36. The van der Waals surface area contributed by atoms with Gasteiger partial charge in [-0.3, -0.25) is 19.3 Å². The molecule has 0 atom stereocenters. The van der Waals surface area contributed by atoms with E-state index in [0.717, 1.165) is 16.0 Å². The van der Waals surface area contributed by atoms with E-state index in [-0.39, 0.29) is 22.8 Å². The van der Waals surface area contributed by atoms with Crippen molar-refractivity contribution in [2.75, 3.05) is 25.6 Å². The molecule has 0 spiro atoms. The number of halogens is 2. The monoisotopic (exact) mass is 563 g/mol. The molecular weight excluding hydrogens is 541 g/mol. The molecule has 2 heterocycles. The molecule has 0 N–H and O–H groups in total. The zero-order valence-electron chi connectivity index (χ0n) is 21.3. The fourth-order valence-electron chi connectivity index (χ4n) is 4.48. The molecule has 0 aliphatic carbocycles. The number of carbonyl (C=O) groups excluding carboxylic acids is 3. The first kappa shape index (κ1) is 26.5. The number of benzene rings is 3. The van der Waals surface area contributed by atoms with E-state index in [1.165, 1.54) is 11.9 Å². The SMILES string of the molecule is COc1cc(C)nc2c(OCc3c(Cl)ccc(N(C)C(=O)CN4C(=O)c5ccccc5C4=O)c3Cl)cccc12. The van der Waals surface area contributed by atoms with Crippen molar-refractivity contribution in [3.63, 3.8) is 0 Å². The average Bonchev–Trinajstić information content (AvgIpc) is 3.17. The quantitative estimate of drug-likeness (QED) is 0.268. The Bertz CT molecular complexity index is 1620. The van der Waals surface area contributed by atoms with Crippen LogP contribution in [0.15, 0.2) is 60.7 Å². The molecule has 0 saturated heterocycles. The summed E-state index contributed by atoms with van der Waals surface area (Å²) in [6, 6.07) is 17.0. The molecule has 5 rings (SSSR count). The van der Waals surface area contributed by atoms with Gasteiger partial charge in [0.2, 0.25) is 5.91 Å². The number of ether oxygens (including phenoxy) is 2. The van der Waals surface area contributed by atoms with Crippen molar-refractivity contribution in [3.05, 3.63) is 93.1 Å². The highest BCUT2D eigenvalue weighted by molar-refractivity contribution is 6.38. The first-order valence-corrected chi connectivity index (χ1v) is 12.7. The van der Waals surface area contributed by atoms with Crippen molar-refractivity contribution < 1.29 is 23.9 Å². The van der Waals surface area contributed by atoms with Crippen LogP contribution in [0.5, 0.6) is 11.5 Å². The summed E-state index contributed by atoms with van der Waals surface area (Å²) in [4.78, 5) is 45.4. The van der Waals surface area contributed by atoms with Gasteiger partial charge in [0.05, 0.1) is 28.9 Å². The Morgan fingerprint density at radius 2 is 1.67 bits per heavy atom. The normalized spacial score (nSPS) is 12.6. The molecule has 1 aliphatic heterocycles. The number of aromatic nitrogens is 1. The lowest BCUT2D eigenvalue weighted by atomic mass is 10.1. The minimum Gasteiger partial charge on any atom is -0.496 e. The molecule has 3 aromatic carbocycles. The van der Waals surface area contributed by atoms with Crippen molar-refractivity contribution in [1.29, 1.82) is 0 Å². The van der Waals surface area contributed by atoms with Crippen molar-refractivity contribution >= 4 is 57.5 Å². The third kappa shape index (κ3) is 4.77. The number of likely N-dealkylation sites (N-methyl/N-ethyl adjacent to an activating group) is 1. The molecule has 10 heteroatoms. The number of pyridine rings is 1. The van der Waals surface area contributed by atoms with E-state index < -0.39 is 24.3 Å². The standard InChI is InChI=1S/C29H23Cl2N3O5/c1-16-13-24(38-3)19-9-6-10-23(27(19)32-16)39-15-20-21(30)11-12-22(26(20)31)33(2)25(35)14-34-28(36)17-7-4-5-8-18(17)29(34)37/h4-13H,14-15H2,1-3H3. The zero-order chi connectivity index (χ0) is 27.8. The first-order valence-electron chi connectivity index (χ1n) is 12.0. The van der Waals surface area contributed by atoms with Gasteiger partial charge in [0.25, 0.3) is 11.8 Å². The fourth-order valence-corrected chi connectivity index (χ4v) is 5.09. The molecule has 1 aliphatic rings. The van der Waals surface area contributed by atoms with E-state index in [9.17, 15) is 14.4 Å². The number of para-hydroxylation sites is 1. The Hall–Kier alpha value is -4.14. The van der Waals surface area contributed by atoms with E-state index in [1.54, 1.807) is 49.6 Å². The summed E-state index contributed by atoms with van der Waals surface area (Å²) in [5, 5.41) is 1.36. The molecule has 8 nitrogen and oxygen atoms in total. The summed E-state index contributed by atoms with van der Waals surface area (Å²) in [5.41, 5.74) is 2.77. The molecule has 3 amide bonds. The number of nitrogens with zero attached hydrogens (tertiary/aromatic N) is 3. The first-order chi connectivity index (χ1) is 18.7. The molecule has 0 radical (unpaired) electrons. The topological polar surface area (TPSA) is 89.0 Å².